The summed E-state index contributed by atoms with van der Waals surface area (Å²) in [4.78, 5) is 11.2. The van der Waals surface area contributed by atoms with Gasteiger partial charge in [-0.3, -0.25) is 0 Å². The van der Waals surface area contributed by atoms with Crippen molar-refractivity contribution in [1.82, 2.24) is 0 Å². The Hall–Kier alpha value is -1.62. The second kappa shape index (κ2) is 5.14. The number of aliphatic hydroxyl groups is 1. The predicted molar refractivity (Wildman–Crippen MR) is 59.2 cm³/mol. The number of hydrogen-bond acceptors (Lipinski definition) is 4. The first kappa shape index (κ1) is 13.4. The summed E-state index contributed by atoms with van der Waals surface area (Å²) in [7, 11) is 0. The molecule has 4 nitrogen and oxygen atoms in total. The van der Waals surface area contributed by atoms with Crippen molar-refractivity contribution in [2.75, 3.05) is 6.61 Å². The fourth-order valence-electron chi connectivity index (χ4n) is 1.39. The monoisotopic (exact) mass is 242 g/mol. The van der Waals surface area contributed by atoms with Crippen molar-refractivity contribution in [2.24, 2.45) is 0 Å². The number of benzene rings is 1. The van der Waals surface area contributed by atoms with Gasteiger partial charge >= 0.3 is 5.97 Å². The summed E-state index contributed by atoms with van der Waals surface area (Å²) >= 11 is 0. The van der Waals surface area contributed by atoms with Crippen molar-refractivity contribution in [2.45, 2.75) is 25.6 Å². The largest absolute Gasteiger partial charge is 0.508 e. The molecule has 0 saturated heterocycles. The lowest BCUT2D eigenvalue weighted by Gasteiger charge is -2.26. The third-order valence-corrected chi connectivity index (χ3v) is 2.44. The van der Waals surface area contributed by atoms with Crippen LogP contribution in [0, 0.1) is 0 Å². The van der Waals surface area contributed by atoms with E-state index in [2.05, 4.69) is 4.74 Å². The average Bonchev–Trinajstić information content (AvgIpc) is 2.29. The predicted octanol–water partition coefficient (Wildman–Crippen LogP) is 1.50. The summed E-state index contributed by atoms with van der Waals surface area (Å²) in [5, 5.41) is 19.1. The molecule has 1 rings (SSSR count). The SMILES string of the molecule is CCOC(=O)C(F)C(C)(O)c1ccc(O)cc1. The van der Waals surface area contributed by atoms with Crippen molar-refractivity contribution >= 4 is 5.97 Å². The van der Waals surface area contributed by atoms with E-state index in [1.807, 2.05) is 0 Å². The van der Waals surface area contributed by atoms with Gasteiger partial charge in [0.1, 0.15) is 11.4 Å². The van der Waals surface area contributed by atoms with E-state index in [4.69, 9.17) is 5.11 Å². The van der Waals surface area contributed by atoms with E-state index in [0.29, 0.717) is 0 Å². The van der Waals surface area contributed by atoms with Crippen LogP contribution < -0.4 is 0 Å². The first-order valence-corrected chi connectivity index (χ1v) is 5.22. The molecule has 0 fully saturated rings. The molecule has 1 aromatic rings. The standard InChI is InChI=1S/C12H15FO4/c1-3-17-11(15)10(13)12(2,16)8-4-6-9(14)7-5-8/h4-7,10,14,16H,3H2,1-2H3. The minimum absolute atomic E-state index is 0.00362. The molecular weight excluding hydrogens is 227 g/mol. The van der Waals surface area contributed by atoms with Crippen molar-refractivity contribution < 1.29 is 24.1 Å². The van der Waals surface area contributed by atoms with Crippen LogP contribution in [0.4, 0.5) is 4.39 Å². The number of carbonyl (C=O) groups is 1. The van der Waals surface area contributed by atoms with Crippen LogP contribution in [0.5, 0.6) is 5.75 Å². The van der Waals surface area contributed by atoms with Crippen LogP contribution in [0.15, 0.2) is 24.3 Å². The van der Waals surface area contributed by atoms with Crippen LogP contribution in [0.3, 0.4) is 0 Å². The zero-order chi connectivity index (χ0) is 13.1. The Morgan fingerprint density at radius 3 is 2.47 bits per heavy atom. The highest BCUT2D eigenvalue weighted by Gasteiger charge is 2.40. The van der Waals surface area contributed by atoms with Crippen LogP contribution in [0.25, 0.3) is 0 Å². The molecule has 0 bridgehead atoms. The number of carbonyl (C=O) groups excluding carboxylic acids is 1. The van der Waals surface area contributed by atoms with E-state index < -0.39 is 17.7 Å². The summed E-state index contributed by atoms with van der Waals surface area (Å²) in [5.41, 5.74) is -1.80. The highest BCUT2D eigenvalue weighted by atomic mass is 19.1. The molecular formula is C12H15FO4. The molecule has 0 aliphatic rings. The Morgan fingerprint density at radius 1 is 1.47 bits per heavy atom. The lowest BCUT2D eigenvalue weighted by atomic mass is 9.91. The second-order valence-electron chi connectivity index (χ2n) is 3.81. The molecule has 0 aliphatic carbocycles. The van der Waals surface area contributed by atoms with Crippen LogP contribution in [0.2, 0.25) is 0 Å². The lowest BCUT2D eigenvalue weighted by molar-refractivity contribution is -0.160. The number of rotatable bonds is 4. The fourth-order valence-corrected chi connectivity index (χ4v) is 1.39. The second-order valence-corrected chi connectivity index (χ2v) is 3.81. The van der Waals surface area contributed by atoms with Gasteiger partial charge in [0.2, 0.25) is 6.17 Å². The number of ether oxygens (including phenoxy) is 1. The average molecular weight is 242 g/mol. The normalized spacial score (nSPS) is 16.0. The number of alkyl halides is 1. The molecule has 0 aliphatic heterocycles. The van der Waals surface area contributed by atoms with Crippen LogP contribution in [0.1, 0.15) is 19.4 Å². The Balaban J connectivity index is 2.93. The van der Waals surface area contributed by atoms with Gasteiger partial charge in [-0.15, -0.1) is 0 Å². The Morgan fingerprint density at radius 2 is 2.00 bits per heavy atom. The number of halogens is 1. The third-order valence-electron chi connectivity index (χ3n) is 2.44. The molecule has 0 spiro atoms. The van der Waals surface area contributed by atoms with Crippen molar-refractivity contribution in [3.05, 3.63) is 29.8 Å². The van der Waals surface area contributed by atoms with Gasteiger partial charge in [-0.2, -0.15) is 0 Å². The van der Waals surface area contributed by atoms with E-state index >= 15 is 0 Å². The van der Waals surface area contributed by atoms with Crippen molar-refractivity contribution in [1.29, 1.82) is 0 Å². The first-order chi connectivity index (χ1) is 7.89. The minimum Gasteiger partial charge on any atom is -0.508 e. The van der Waals surface area contributed by atoms with Gasteiger partial charge in [0, 0.05) is 0 Å². The van der Waals surface area contributed by atoms with Gasteiger partial charge in [-0.05, 0) is 31.5 Å². The summed E-state index contributed by atoms with van der Waals surface area (Å²) in [5.74, 6) is -1.11. The van der Waals surface area contributed by atoms with E-state index in [0.717, 1.165) is 0 Å². The molecule has 0 heterocycles. The number of phenolic OH excluding ortho intramolecular Hbond substituents is 1. The quantitative estimate of drug-likeness (QED) is 0.785. The summed E-state index contributed by atoms with van der Waals surface area (Å²) in [6, 6.07) is 5.31. The number of aromatic hydroxyl groups is 1. The van der Waals surface area contributed by atoms with E-state index in [1.54, 1.807) is 6.92 Å². The van der Waals surface area contributed by atoms with Crippen LogP contribution in [-0.2, 0) is 15.1 Å². The minimum atomic E-state index is -2.17. The maximum absolute atomic E-state index is 13.8. The molecule has 5 heteroatoms. The zero-order valence-corrected chi connectivity index (χ0v) is 9.68. The first-order valence-electron chi connectivity index (χ1n) is 5.22. The summed E-state index contributed by atoms with van der Waals surface area (Å²) in [6.07, 6.45) is -2.17. The molecule has 2 N–H and O–H groups in total. The van der Waals surface area contributed by atoms with Gasteiger partial charge < -0.3 is 14.9 Å². The van der Waals surface area contributed by atoms with Crippen molar-refractivity contribution in [3.63, 3.8) is 0 Å². The van der Waals surface area contributed by atoms with Gasteiger partial charge in [0.15, 0.2) is 0 Å². The molecule has 2 unspecified atom stereocenters. The zero-order valence-electron chi connectivity index (χ0n) is 9.68. The maximum Gasteiger partial charge on any atom is 0.344 e. The Kier molecular flexibility index (Phi) is 4.07. The number of esters is 1. The molecule has 94 valence electrons. The molecule has 2 atom stereocenters. The van der Waals surface area contributed by atoms with Crippen LogP contribution in [-0.4, -0.2) is 29.0 Å². The summed E-state index contributed by atoms with van der Waals surface area (Å²) in [6.45, 7) is 2.78. The van der Waals surface area contributed by atoms with Crippen LogP contribution >= 0.6 is 0 Å². The number of phenols is 1. The van der Waals surface area contributed by atoms with E-state index in [-0.39, 0.29) is 17.9 Å². The van der Waals surface area contributed by atoms with Gasteiger partial charge in [0.25, 0.3) is 0 Å². The molecule has 0 amide bonds. The smallest absolute Gasteiger partial charge is 0.344 e. The highest BCUT2D eigenvalue weighted by Crippen LogP contribution is 2.28. The topological polar surface area (TPSA) is 66.8 Å². The molecule has 17 heavy (non-hydrogen) atoms. The summed E-state index contributed by atoms with van der Waals surface area (Å²) < 4.78 is 18.3. The van der Waals surface area contributed by atoms with E-state index in [9.17, 15) is 14.3 Å². The van der Waals surface area contributed by atoms with Gasteiger partial charge in [0.05, 0.1) is 6.61 Å². The van der Waals surface area contributed by atoms with Gasteiger partial charge in [-0.25, -0.2) is 9.18 Å². The Labute approximate surface area is 98.7 Å². The molecule has 1 aromatic carbocycles. The molecule has 0 aromatic heterocycles. The maximum atomic E-state index is 13.8. The third kappa shape index (κ3) is 2.94. The highest BCUT2D eigenvalue weighted by molar-refractivity contribution is 5.76. The van der Waals surface area contributed by atoms with Crippen molar-refractivity contribution in [3.8, 4) is 5.75 Å². The number of hydrogen-bond donors (Lipinski definition) is 2. The lowest BCUT2D eigenvalue weighted by Crippen LogP contribution is -2.40. The van der Waals surface area contributed by atoms with Gasteiger partial charge in [-0.1, -0.05) is 12.1 Å². The van der Waals surface area contributed by atoms with E-state index in [1.165, 1.54) is 31.2 Å². The molecule has 0 radical (unpaired) electrons. The molecule has 0 saturated carbocycles. The Bertz CT molecular complexity index is 386. The fraction of sp³-hybridized carbons (Fsp3) is 0.417.